The van der Waals surface area contributed by atoms with E-state index < -0.39 is 35.4 Å². The van der Waals surface area contributed by atoms with Crippen LogP contribution in [-0.2, 0) is 15.8 Å². The maximum atomic E-state index is 13.7. The van der Waals surface area contributed by atoms with Gasteiger partial charge in [-0.25, -0.2) is 0 Å². The molecule has 0 radical (unpaired) electrons. The molecule has 38 heavy (non-hydrogen) atoms. The zero-order chi connectivity index (χ0) is 26.5. The fraction of sp³-hybridized carbons (Fsp3) is 0.370. The van der Waals surface area contributed by atoms with E-state index in [-0.39, 0.29) is 39.5 Å². The number of aromatic amines is 1. The van der Waals surface area contributed by atoms with Crippen LogP contribution in [-0.4, -0.2) is 29.2 Å². The van der Waals surface area contributed by atoms with E-state index in [1.165, 1.54) is 23.5 Å². The van der Waals surface area contributed by atoms with Gasteiger partial charge in [0.05, 0.1) is 35.2 Å². The molecular formula is C27H21F3N2O4S2. The Balaban J connectivity index is 1.29. The van der Waals surface area contributed by atoms with E-state index in [1.54, 1.807) is 18.9 Å². The van der Waals surface area contributed by atoms with Gasteiger partial charge in [-0.2, -0.15) is 13.2 Å². The zero-order valence-electron chi connectivity index (χ0n) is 19.9. The summed E-state index contributed by atoms with van der Waals surface area (Å²) in [6.07, 6.45) is -3.88. The lowest BCUT2D eigenvalue weighted by Gasteiger charge is -2.43. The molecule has 2 saturated carbocycles. The number of benzene rings is 2. The number of imide groups is 1. The predicted molar refractivity (Wildman–Crippen MR) is 135 cm³/mol. The van der Waals surface area contributed by atoms with Gasteiger partial charge in [0.1, 0.15) is 5.75 Å². The van der Waals surface area contributed by atoms with Crippen molar-refractivity contribution < 1.29 is 27.5 Å². The molecule has 2 amide bonds. The number of thiazole rings is 1. The van der Waals surface area contributed by atoms with E-state index in [2.05, 4.69) is 4.98 Å². The Morgan fingerprint density at radius 3 is 2.39 bits per heavy atom. The lowest BCUT2D eigenvalue weighted by Crippen LogP contribution is -2.42. The monoisotopic (exact) mass is 558 g/mol. The van der Waals surface area contributed by atoms with Gasteiger partial charge in [0, 0.05) is 16.0 Å². The fourth-order valence-electron chi connectivity index (χ4n) is 7.28. The molecular weight excluding hydrogens is 537 g/mol. The summed E-state index contributed by atoms with van der Waals surface area (Å²) in [5.74, 6) is -1.63. The number of fused-ring (bicyclic) bond motifs is 9. The van der Waals surface area contributed by atoms with Gasteiger partial charge in [0.2, 0.25) is 11.8 Å². The normalized spacial score (nSPS) is 31.4. The third-order valence-electron chi connectivity index (χ3n) is 8.63. The van der Waals surface area contributed by atoms with Crippen molar-refractivity contribution in [3.05, 3.63) is 74.2 Å². The quantitative estimate of drug-likeness (QED) is 0.451. The number of carbonyl (C=O) groups excluding carboxylic acids is 2. The number of hydrogen-bond donors (Lipinski definition) is 1. The Bertz CT molecular complexity index is 1530. The summed E-state index contributed by atoms with van der Waals surface area (Å²) in [7, 11) is 1.59. The highest BCUT2D eigenvalue weighted by molar-refractivity contribution is 8.00. The van der Waals surface area contributed by atoms with E-state index in [0.29, 0.717) is 12.2 Å². The smallest absolute Gasteiger partial charge is 0.416 e. The number of thioether (sulfide) groups is 1. The van der Waals surface area contributed by atoms with Crippen LogP contribution in [0.15, 0.2) is 58.4 Å². The van der Waals surface area contributed by atoms with Gasteiger partial charge in [-0.05, 0) is 60.1 Å². The molecule has 11 heteroatoms. The van der Waals surface area contributed by atoms with Crippen LogP contribution < -0.4 is 14.5 Å². The molecule has 7 rings (SSSR count). The molecule has 6 nitrogen and oxygen atoms in total. The third-order valence-corrected chi connectivity index (χ3v) is 11.2. The Hall–Kier alpha value is -3.05. The van der Waals surface area contributed by atoms with Crippen LogP contribution in [0.3, 0.4) is 0 Å². The Labute approximate surface area is 223 Å². The number of rotatable bonds is 3. The molecule has 1 saturated heterocycles. The van der Waals surface area contributed by atoms with Gasteiger partial charge in [-0.1, -0.05) is 29.5 Å². The van der Waals surface area contributed by atoms with Gasteiger partial charge in [0.25, 0.3) is 0 Å². The zero-order valence-corrected chi connectivity index (χ0v) is 21.5. The summed E-state index contributed by atoms with van der Waals surface area (Å²) in [6, 6.07) is 12.1. The Morgan fingerprint density at radius 1 is 1.00 bits per heavy atom. The molecule has 4 aliphatic rings. The van der Waals surface area contributed by atoms with Gasteiger partial charge >= 0.3 is 11.0 Å². The Morgan fingerprint density at radius 2 is 1.71 bits per heavy atom. The predicted octanol–water partition coefficient (Wildman–Crippen LogP) is 5.14. The van der Waals surface area contributed by atoms with E-state index in [4.69, 9.17) is 4.74 Å². The first-order valence-electron chi connectivity index (χ1n) is 12.3. The largest absolute Gasteiger partial charge is 0.497 e. The second-order valence-corrected chi connectivity index (χ2v) is 12.5. The van der Waals surface area contributed by atoms with Gasteiger partial charge in [-0.15, -0.1) is 11.8 Å². The van der Waals surface area contributed by atoms with Crippen molar-refractivity contribution in [3.63, 3.8) is 0 Å². The SMILES string of the molecule is COc1ccc([C@H]2c3sc(=O)[nH]c3S[C@@H]3[C@@H]4C[C@@H]([C@@H]5C(=O)N(c6cccc(C(F)(F)F)c6)C(=O)[C@@H]45)[C@H]23)cc1. The van der Waals surface area contributed by atoms with Crippen molar-refractivity contribution in [2.75, 3.05) is 12.0 Å². The second kappa shape index (κ2) is 8.22. The molecule has 2 bridgehead atoms. The molecule has 3 aromatic rings. The van der Waals surface area contributed by atoms with Crippen molar-refractivity contribution in [1.82, 2.24) is 4.98 Å². The van der Waals surface area contributed by atoms with Crippen LogP contribution in [0.1, 0.15) is 28.3 Å². The molecule has 7 atom stereocenters. The number of alkyl halides is 3. The molecule has 2 aliphatic heterocycles. The van der Waals surface area contributed by atoms with Gasteiger partial charge in [0.15, 0.2) is 0 Å². The average Bonchev–Trinajstić information content (AvgIpc) is 3.62. The van der Waals surface area contributed by atoms with Gasteiger partial charge < -0.3 is 9.72 Å². The average molecular weight is 559 g/mol. The minimum atomic E-state index is -4.58. The van der Waals surface area contributed by atoms with Crippen LogP contribution in [0.25, 0.3) is 0 Å². The molecule has 2 aromatic carbocycles. The molecule has 3 heterocycles. The summed E-state index contributed by atoms with van der Waals surface area (Å²) in [4.78, 5) is 44.5. The van der Waals surface area contributed by atoms with Crippen LogP contribution in [0.5, 0.6) is 5.75 Å². The number of hydrogen-bond acceptors (Lipinski definition) is 6. The first kappa shape index (κ1) is 24.0. The third kappa shape index (κ3) is 3.30. The number of methoxy groups -OCH3 is 1. The summed E-state index contributed by atoms with van der Waals surface area (Å²) < 4.78 is 45.4. The summed E-state index contributed by atoms with van der Waals surface area (Å²) >= 11 is 2.75. The van der Waals surface area contributed by atoms with E-state index in [1.807, 2.05) is 24.3 Å². The van der Waals surface area contributed by atoms with E-state index in [0.717, 1.165) is 32.5 Å². The molecule has 0 spiro atoms. The number of carbonyl (C=O) groups is 2. The first-order chi connectivity index (χ1) is 18.2. The number of nitrogens with zero attached hydrogens (tertiary/aromatic N) is 1. The summed E-state index contributed by atoms with van der Waals surface area (Å²) in [5.41, 5.74) is 0.0791. The van der Waals surface area contributed by atoms with E-state index >= 15 is 0 Å². The number of ether oxygens (including phenoxy) is 1. The molecule has 2 aliphatic carbocycles. The van der Waals surface area contributed by atoms with Crippen LogP contribution in [0.4, 0.5) is 18.9 Å². The first-order valence-corrected chi connectivity index (χ1v) is 14.0. The second-order valence-electron chi connectivity index (χ2n) is 10.3. The number of amides is 2. The lowest BCUT2D eigenvalue weighted by atomic mass is 9.68. The van der Waals surface area contributed by atoms with Crippen LogP contribution >= 0.6 is 23.1 Å². The minimum absolute atomic E-state index is 0.00399. The van der Waals surface area contributed by atoms with Crippen molar-refractivity contribution in [1.29, 1.82) is 0 Å². The highest BCUT2D eigenvalue weighted by atomic mass is 32.2. The van der Waals surface area contributed by atoms with Crippen molar-refractivity contribution in [3.8, 4) is 5.75 Å². The highest BCUT2D eigenvalue weighted by Crippen LogP contribution is 2.68. The Kier molecular flexibility index (Phi) is 5.20. The van der Waals surface area contributed by atoms with Crippen LogP contribution in [0, 0.1) is 29.6 Å². The highest BCUT2D eigenvalue weighted by Gasteiger charge is 2.69. The number of nitrogens with one attached hydrogen (secondary N) is 1. The molecule has 3 fully saturated rings. The number of halogens is 3. The van der Waals surface area contributed by atoms with Crippen molar-refractivity contribution >= 4 is 40.6 Å². The number of H-pyrrole nitrogens is 1. The topological polar surface area (TPSA) is 79.5 Å². The summed E-state index contributed by atoms with van der Waals surface area (Å²) in [5, 5.41) is 0.807. The molecule has 196 valence electrons. The maximum Gasteiger partial charge on any atom is 0.416 e. The van der Waals surface area contributed by atoms with Gasteiger partial charge in [-0.3, -0.25) is 19.3 Å². The van der Waals surface area contributed by atoms with Crippen LogP contribution in [0.2, 0.25) is 0 Å². The standard InChI is InChI=1S/C27H21F3N2O4S2/c1-36-14-7-5-11(6-8-14)17-18-15-10-16(21(18)37-23-22(17)38-26(35)31-23)20-19(15)24(33)32(25(20)34)13-4-2-3-12(9-13)27(28,29)30/h2-9,15-21H,10H2,1H3,(H,31,35)/t15-,16-,17-,18-,19+,20+,21-/m1/s1. The summed E-state index contributed by atoms with van der Waals surface area (Å²) in [6.45, 7) is 0. The molecule has 1 N–H and O–H groups in total. The molecule has 0 unspecified atom stereocenters. The maximum absolute atomic E-state index is 13.7. The lowest BCUT2D eigenvalue weighted by molar-refractivity contribution is -0.137. The number of anilines is 1. The fourth-order valence-corrected chi connectivity index (χ4v) is 10.2. The van der Waals surface area contributed by atoms with Crippen molar-refractivity contribution in [2.24, 2.45) is 29.6 Å². The molecule has 1 aromatic heterocycles. The van der Waals surface area contributed by atoms with E-state index in [9.17, 15) is 27.6 Å². The minimum Gasteiger partial charge on any atom is -0.497 e. The number of aromatic nitrogens is 1. The van der Waals surface area contributed by atoms with Crippen molar-refractivity contribution in [2.45, 2.75) is 28.8 Å².